The minimum atomic E-state index is -1.07. The lowest BCUT2D eigenvalue weighted by Crippen LogP contribution is -2.52. The second-order valence-corrected chi connectivity index (χ2v) is 10.8. The molecule has 3 N–H and O–H groups in total. The van der Waals surface area contributed by atoms with Gasteiger partial charge in [-0.25, -0.2) is 9.78 Å². The number of H-pyrrole nitrogens is 1. The summed E-state index contributed by atoms with van der Waals surface area (Å²) < 4.78 is 0. The highest BCUT2D eigenvalue weighted by molar-refractivity contribution is 6.30. The van der Waals surface area contributed by atoms with E-state index in [0.29, 0.717) is 48.1 Å². The number of anilines is 2. The molecule has 1 aliphatic rings. The summed E-state index contributed by atoms with van der Waals surface area (Å²) in [6, 6.07) is 11.9. The van der Waals surface area contributed by atoms with Crippen LogP contribution in [-0.2, 0) is 4.79 Å². The van der Waals surface area contributed by atoms with Crippen LogP contribution in [0, 0.1) is 0 Å². The highest BCUT2D eigenvalue weighted by atomic mass is 35.5. The van der Waals surface area contributed by atoms with Crippen molar-refractivity contribution in [3.8, 4) is 0 Å². The highest BCUT2D eigenvalue weighted by Crippen LogP contribution is 2.33. The molecule has 4 aromatic rings. The van der Waals surface area contributed by atoms with Gasteiger partial charge in [0.25, 0.3) is 5.91 Å². The van der Waals surface area contributed by atoms with Gasteiger partial charge >= 0.3 is 6.09 Å². The first-order valence-electron chi connectivity index (χ1n) is 13.7. The summed E-state index contributed by atoms with van der Waals surface area (Å²) in [5.41, 5.74) is 3.35. The van der Waals surface area contributed by atoms with E-state index in [-0.39, 0.29) is 24.4 Å². The molecule has 1 aliphatic heterocycles. The van der Waals surface area contributed by atoms with E-state index in [4.69, 9.17) is 11.6 Å². The van der Waals surface area contributed by atoms with Crippen molar-refractivity contribution >= 4 is 51.9 Å². The van der Waals surface area contributed by atoms with Crippen LogP contribution in [0.1, 0.15) is 35.7 Å². The zero-order valence-corrected chi connectivity index (χ0v) is 24.1. The molecule has 0 aliphatic carbocycles. The Bertz CT molecular complexity index is 1570. The first-order chi connectivity index (χ1) is 20.2. The first-order valence-corrected chi connectivity index (χ1v) is 14.1. The number of carbonyl (C=O) groups excluding carboxylic acids is 2. The van der Waals surface area contributed by atoms with E-state index >= 15 is 0 Å². The molecule has 1 aromatic carbocycles. The molecule has 3 aromatic heterocycles. The summed E-state index contributed by atoms with van der Waals surface area (Å²) >= 11 is 6.09. The number of pyridine rings is 2. The first kappa shape index (κ1) is 28.9. The summed E-state index contributed by atoms with van der Waals surface area (Å²) in [6.07, 6.45) is 5.50. The Morgan fingerprint density at radius 1 is 1.02 bits per heavy atom. The third-order valence-corrected chi connectivity index (χ3v) is 7.75. The Balaban J connectivity index is 1.34. The van der Waals surface area contributed by atoms with Crippen molar-refractivity contribution in [1.29, 1.82) is 0 Å². The van der Waals surface area contributed by atoms with Gasteiger partial charge < -0.3 is 30.1 Å². The van der Waals surface area contributed by atoms with Crippen molar-refractivity contribution in [3.63, 3.8) is 0 Å². The van der Waals surface area contributed by atoms with E-state index in [1.807, 2.05) is 6.07 Å². The van der Waals surface area contributed by atoms with Gasteiger partial charge in [0.2, 0.25) is 5.91 Å². The van der Waals surface area contributed by atoms with Crippen LogP contribution in [0.25, 0.3) is 11.0 Å². The number of amides is 3. The minimum absolute atomic E-state index is 0.0442. The Hall–Kier alpha value is -4.64. The number of halogens is 1. The molecule has 0 spiro atoms. The van der Waals surface area contributed by atoms with Crippen LogP contribution in [0.3, 0.4) is 0 Å². The van der Waals surface area contributed by atoms with Crippen molar-refractivity contribution < 1.29 is 19.5 Å². The number of carboxylic acid groups (broad SMARTS) is 1. The fourth-order valence-corrected chi connectivity index (χ4v) is 5.34. The van der Waals surface area contributed by atoms with Crippen LogP contribution in [0.2, 0.25) is 5.02 Å². The van der Waals surface area contributed by atoms with Crippen LogP contribution in [0.4, 0.5) is 16.2 Å². The normalized spacial score (nSPS) is 14.2. The molecule has 3 amide bonds. The molecule has 4 heterocycles. The topological polar surface area (TPSA) is 135 Å². The molecule has 0 bridgehead atoms. The summed E-state index contributed by atoms with van der Waals surface area (Å²) in [5, 5.41) is 14.1. The van der Waals surface area contributed by atoms with Crippen LogP contribution in [0.5, 0.6) is 0 Å². The molecule has 1 fully saturated rings. The van der Waals surface area contributed by atoms with E-state index in [9.17, 15) is 19.5 Å². The molecular formula is C30H32ClN7O4. The van der Waals surface area contributed by atoms with Gasteiger partial charge in [-0.3, -0.25) is 14.6 Å². The number of nitrogens with one attached hydrogen (secondary N) is 2. The molecule has 218 valence electrons. The predicted octanol–water partition coefficient (Wildman–Crippen LogP) is 4.68. The van der Waals surface area contributed by atoms with Gasteiger partial charge in [-0.15, -0.1) is 0 Å². The maximum absolute atomic E-state index is 13.9. The van der Waals surface area contributed by atoms with Gasteiger partial charge in [0.05, 0.1) is 22.7 Å². The number of hydrogen-bond donors (Lipinski definition) is 3. The SMILES string of the molecule is CC(C)N(CC(C(=O)N1CCN(c2ccnc3[nH]cc(NC(=O)c4ccncc4)c23)CC1)c1ccc(Cl)cc1)C(=O)O. The minimum Gasteiger partial charge on any atom is -0.465 e. The number of fused-ring (bicyclic) bond motifs is 1. The number of rotatable bonds is 8. The second-order valence-electron chi connectivity index (χ2n) is 10.4. The molecule has 1 atom stereocenters. The lowest BCUT2D eigenvalue weighted by Gasteiger charge is -2.38. The predicted molar refractivity (Wildman–Crippen MR) is 161 cm³/mol. The average Bonchev–Trinajstić information content (AvgIpc) is 3.41. The van der Waals surface area contributed by atoms with Gasteiger partial charge in [-0.05, 0) is 49.7 Å². The summed E-state index contributed by atoms with van der Waals surface area (Å²) in [6.45, 7) is 5.63. The summed E-state index contributed by atoms with van der Waals surface area (Å²) in [5.74, 6) is -1.05. The number of aromatic amines is 1. The van der Waals surface area contributed by atoms with Crippen LogP contribution < -0.4 is 10.2 Å². The molecule has 12 heteroatoms. The number of aromatic nitrogens is 3. The third-order valence-electron chi connectivity index (χ3n) is 7.49. The van der Waals surface area contributed by atoms with Gasteiger partial charge in [0.1, 0.15) is 5.65 Å². The van der Waals surface area contributed by atoms with Crippen LogP contribution in [-0.4, -0.2) is 86.5 Å². The molecule has 5 rings (SSSR count). The van der Waals surface area contributed by atoms with Gasteiger partial charge in [-0.1, -0.05) is 23.7 Å². The van der Waals surface area contributed by atoms with Gasteiger partial charge in [0, 0.05) is 74.1 Å². The number of piperazine rings is 1. The largest absolute Gasteiger partial charge is 0.465 e. The maximum Gasteiger partial charge on any atom is 0.407 e. The molecule has 1 unspecified atom stereocenters. The Kier molecular flexibility index (Phi) is 8.58. The van der Waals surface area contributed by atoms with Crippen molar-refractivity contribution in [2.75, 3.05) is 42.9 Å². The van der Waals surface area contributed by atoms with Crippen LogP contribution in [0.15, 0.2) is 67.3 Å². The lowest BCUT2D eigenvalue weighted by molar-refractivity contribution is -0.133. The van der Waals surface area contributed by atoms with E-state index in [2.05, 4.69) is 25.2 Å². The van der Waals surface area contributed by atoms with E-state index in [0.717, 1.165) is 16.6 Å². The molecule has 0 radical (unpaired) electrons. The van der Waals surface area contributed by atoms with Crippen molar-refractivity contribution in [2.45, 2.75) is 25.8 Å². The average molecular weight is 590 g/mol. The summed E-state index contributed by atoms with van der Waals surface area (Å²) in [4.78, 5) is 55.4. The Labute approximate surface area is 248 Å². The van der Waals surface area contributed by atoms with E-state index in [1.165, 1.54) is 4.90 Å². The highest BCUT2D eigenvalue weighted by Gasteiger charge is 2.33. The Morgan fingerprint density at radius 2 is 1.71 bits per heavy atom. The smallest absolute Gasteiger partial charge is 0.407 e. The number of hydrogen-bond acceptors (Lipinski definition) is 6. The zero-order valence-electron chi connectivity index (χ0n) is 23.3. The third kappa shape index (κ3) is 6.15. The Morgan fingerprint density at radius 3 is 2.36 bits per heavy atom. The van der Waals surface area contributed by atoms with E-state index < -0.39 is 12.0 Å². The number of carbonyl (C=O) groups is 3. The molecule has 42 heavy (non-hydrogen) atoms. The van der Waals surface area contributed by atoms with Crippen molar-refractivity contribution in [1.82, 2.24) is 24.8 Å². The quantitative estimate of drug-likeness (QED) is 0.271. The van der Waals surface area contributed by atoms with Crippen molar-refractivity contribution in [2.24, 2.45) is 0 Å². The number of benzene rings is 1. The molecule has 0 saturated carbocycles. The zero-order chi connectivity index (χ0) is 29.8. The maximum atomic E-state index is 13.9. The molecule has 1 saturated heterocycles. The summed E-state index contributed by atoms with van der Waals surface area (Å²) in [7, 11) is 0. The molecular weight excluding hydrogens is 558 g/mol. The standard InChI is InChI=1S/C30H32ClN7O4/c1-19(2)38(30(41)42)18-23(20-3-5-22(31)6-4-20)29(40)37-15-13-36(14-16-37)25-9-12-33-27-26(25)24(17-34-27)35-28(39)21-7-10-32-11-8-21/h3-12,17,19,23H,13-16,18H2,1-2H3,(H,33,34)(H,35,39)(H,41,42). The second kappa shape index (κ2) is 12.5. The van der Waals surface area contributed by atoms with Crippen molar-refractivity contribution in [3.05, 3.63) is 83.4 Å². The van der Waals surface area contributed by atoms with Gasteiger partial charge in [-0.2, -0.15) is 0 Å². The monoisotopic (exact) mass is 589 g/mol. The van der Waals surface area contributed by atoms with Gasteiger partial charge in [0.15, 0.2) is 0 Å². The number of nitrogens with zero attached hydrogens (tertiary/aromatic N) is 5. The van der Waals surface area contributed by atoms with Crippen LogP contribution >= 0.6 is 11.6 Å². The van der Waals surface area contributed by atoms with E-state index in [1.54, 1.807) is 79.9 Å². The fraction of sp³-hybridized carbons (Fsp3) is 0.300. The lowest BCUT2D eigenvalue weighted by atomic mass is 9.96. The fourth-order valence-electron chi connectivity index (χ4n) is 5.21. The molecule has 11 nitrogen and oxygen atoms in total.